The molecule has 2 rings (SSSR count). The van der Waals surface area contributed by atoms with E-state index in [1.807, 2.05) is 0 Å². The van der Waals surface area contributed by atoms with Gasteiger partial charge >= 0.3 is 0 Å². The Morgan fingerprint density at radius 1 is 1.19 bits per heavy atom. The Kier molecular flexibility index (Phi) is 3.11. The first-order valence-electron chi connectivity index (χ1n) is 5.44. The topological polar surface area (TPSA) is 33.4 Å². The number of benzene rings is 1. The number of hydrogen-bond donors (Lipinski definition) is 1. The van der Waals surface area contributed by atoms with E-state index in [0.29, 0.717) is 12.2 Å². The third-order valence-electron chi connectivity index (χ3n) is 2.87. The fourth-order valence-corrected chi connectivity index (χ4v) is 1.74. The Morgan fingerprint density at radius 2 is 2.00 bits per heavy atom. The minimum atomic E-state index is -0.558. The summed E-state index contributed by atoms with van der Waals surface area (Å²) in [6, 6.07) is 9.83. The standard InChI is InChI=1S/C14H16O2/c1-10-5-6-12(8-11(10)2)9-13(15)14-4-3-7-16-14/h3-8,13,15H,9H2,1-2H3. The minimum Gasteiger partial charge on any atom is -0.467 e. The second-order valence-electron chi connectivity index (χ2n) is 4.15. The van der Waals surface area contributed by atoms with Gasteiger partial charge in [0.15, 0.2) is 0 Å². The summed E-state index contributed by atoms with van der Waals surface area (Å²) in [6.45, 7) is 4.17. The van der Waals surface area contributed by atoms with E-state index in [2.05, 4.69) is 32.0 Å². The first kappa shape index (κ1) is 11.0. The summed E-state index contributed by atoms with van der Waals surface area (Å²) in [5, 5.41) is 9.93. The van der Waals surface area contributed by atoms with Gasteiger partial charge in [-0.3, -0.25) is 0 Å². The van der Waals surface area contributed by atoms with Crippen molar-refractivity contribution < 1.29 is 9.52 Å². The molecular formula is C14H16O2. The second-order valence-corrected chi connectivity index (χ2v) is 4.15. The van der Waals surface area contributed by atoms with Gasteiger partial charge in [0.05, 0.1) is 6.26 Å². The molecule has 0 saturated carbocycles. The summed E-state index contributed by atoms with van der Waals surface area (Å²) in [7, 11) is 0. The summed E-state index contributed by atoms with van der Waals surface area (Å²) >= 11 is 0. The first-order valence-corrected chi connectivity index (χ1v) is 5.44. The van der Waals surface area contributed by atoms with Gasteiger partial charge in [0.25, 0.3) is 0 Å². The normalized spacial score (nSPS) is 12.7. The SMILES string of the molecule is Cc1ccc(CC(O)c2ccco2)cc1C. The second kappa shape index (κ2) is 4.54. The van der Waals surface area contributed by atoms with E-state index in [9.17, 15) is 5.11 Å². The van der Waals surface area contributed by atoms with Crippen LogP contribution in [0.15, 0.2) is 41.0 Å². The number of rotatable bonds is 3. The lowest BCUT2D eigenvalue weighted by Crippen LogP contribution is -2.00. The number of aryl methyl sites for hydroxylation is 2. The molecule has 1 heterocycles. The van der Waals surface area contributed by atoms with Crippen LogP contribution in [0.3, 0.4) is 0 Å². The van der Waals surface area contributed by atoms with Gasteiger partial charge in [-0.05, 0) is 42.7 Å². The molecule has 0 bridgehead atoms. The molecule has 1 N–H and O–H groups in total. The highest BCUT2D eigenvalue weighted by Crippen LogP contribution is 2.20. The highest BCUT2D eigenvalue weighted by Gasteiger charge is 2.11. The summed E-state index contributed by atoms with van der Waals surface area (Å²) < 4.78 is 5.17. The number of furan rings is 1. The van der Waals surface area contributed by atoms with Crippen LogP contribution in [0, 0.1) is 13.8 Å². The van der Waals surface area contributed by atoms with Gasteiger partial charge in [-0.15, -0.1) is 0 Å². The van der Waals surface area contributed by atoms with E-state index < -0.39 is 6.10 Å². The molecule has 1 aromatic heterocycles. The Balaban J connectivity index is 2.12. The molecule has 1 atom stereocenters. The van der Waals surface area contributed by atoms with Gasteiger partial charge in [-0.2, -0.15) is 0 Å². The molecule has 0 amide bonds. The highest BCUT2D eigenvalue weighted by molar-refractivity contribution is 5.30. The van der Waals surface area contributed by atoms with Gasteiger partial charge in [0.2, 0.25) is 0 Å². The van der Waals surface area contributed by atoms with E-state index in [1.54, 1.807) is 18.4 Å². The van der Waals surface area contributed by atoms with Crippen molar-refractivity contribution in [1.29, 1.82) is 0 Å². The van der Waals surface area contributed by atoms with Gasteiger partial charge in [0, 0.05) is 6.42 Å². The van der Waals surface area contributed by atoms with Crippen molar-refractivity contribution in [2.24, 2.45) is 0 Å². The summed E-state index contributed by atoms with van der Waals surface area (Å²) in [4.78, 5) is 0. The molecule has 0 saturated heterocycles. The molecule has 0 spiro atoms. The maximum Gasteiger partial charge on any atom is 0.132 e. The van der Waals surface area contributed by atoms with Crippen LogP contribution in [0.5, 0.6) is 0 Å². The molecule has 0 aliphatic carbocycles. The lowest BCUT2D eigenvalue weighted by atomic mass is 10.0. The predicted molar refractivity (Wildman–Crippen MR) is 63.3 cm³/mol. The summed E-state index contributed by atoms with van der Waals surface area (Å²) in [5.74, 6) is 0.623. The maximum absolute atomic E-state index is 9.93. The molecule has 0 fully saturated rings. The molecule has 84 valence electrons. The third kappa shape index (κ3) is 2.34. The van der Waals surface area contributed by atoms with Crippen molar-refractivity contribution in [1.82, 2.24) is 0 Å². The zero-order chi connectivity index (χ0) is 11.5. The van der Waals surface area contributed by atoms with Crippen LogP contribution in [0.1, 0.15) is 28.6 Å². The highest BCUT2D eigenvalue weighted by atomic mass is 16.4. The summed E-state index contributed by atoms with van der Waals surface area (Å²) in [6.07, 6.45) is 1.62. The first-order chi connectivity index (χ1) is 7.66. The van der Waals surface area contributed by atoms with Crippen molar-refractivity contribution in [2.75, 3.05) is 0 Å². The lowest BCUT2D eigenvalue weighted by molar-refractivity contribution is 0.150. The summed E-state index contributed by atoms with van der Waals surface area (Å²) in [5.41, 5.74) is 3.66. The minimum absolute atomic E-state index is 0.558. The zero-order valence-corrected chi connectivity index (χ0v) is 9.60. The molecule has 2 nitrogen and oxygen atoms in total. The van der Waals surface area contributed by atoms with Gasteiger partial charge < -0.3 is 9.52 Å². The molecule has 2 aromatic rings. The molecule has 2 heteroatoms. The van der Waals surface area contributed by atoms with E-state index in [0.717, 1.165) is 5.56 Å². The largest absolute Gasteiger partial charge is 0.467 e. The monoisotopic (exact) mass is 216 g/mol. The molecule has 1 unspecified atom stereocenters. The van der Waals surface area contributed by atoms with Gasteiger partial charge in [0.1, 0.15) is 11.9 Å². The van der Waals surface area contributed by atoms with Crippen LogP contribution in [-0.4, -0.2) is 5.11 Å². The molecule has 1 aromatic carbocycles. The Hall–Kier alpha value is -1.54. The van der Waals surface area contributed by atoms with Crippen LogP contribution in [0.4, 0.5) is 0 Å². The van der Waals surface area contributed by atoms with E-state index in [4.69, 9.17) is 4.42 Å². The van der Waals surface area contributed by atoms with E-state index in [-0.39, 0.29) is 0 Å². The molecule has 16 heavy (non-hydrogen) atoms. The Bertz CT molecular complexity index is 458. The maximum atomic E-state index is 9.93. The smallest absolute Gasteiger partial charge is 0.132 e. The lowest BCUT2D eigenvalue weighted by Gasteiger charge is -2.09. The average Bonchev–Trinajstić information content (AvgIpc) is 2.77. The van der Waals surface area contributed by atoms with Crippen molar-refractivity contribution in [2.45, 2.75) is 26.4 Å². The van der Waals surface area contributed by atoms with Crippen LogP contribution in [-0.2, 0) is 6.42 Å². The van der Waals surface area contributed by atoms with Gasteiger partial charge in [-0.1, -0.05) is 18.2 Å². The van der Waals surface area contributed by atoms with Crippen molar-refractivity contribution >= 4 is 0 Å². The average molecular weight is 216 g/mol. The quantitative estimate of drug-likeness (QED) is 0.854. The van der Waals surface area contributed by atoms with E-state index >= 15 is 0 Å². The van der Waals surface area contributed by atoms with Crippen LogP contribution in [0.25, 0.3) is 0 Å². The number of aliphatic hydroxyl groups is 1. The fraction of sp³-hybridized carbons (Fsp3) is 0.286. The van der Waals surface area contributed by atoms with Crippen LogP contribution < -0.4 is 0 Å². The van der Waals surface area contributed by atoms with Crippen molar-refractivity contribution in [3.8, 4) is 0 Å². The molecule has 0 aliphatic rings. The molecular weight excluding hydrogens is 200 g/mol. The third-order valence-corrected chi connectivity index (χ3v) is 2.87. The number of aliphatic hydroxyl groups excluding tert-OH is 1. The number of hydrogen-bond acceptors (Lipinski definition) is 2. The predicted octanol–water partition coefficient (Wildman–Crippen LogP) is 3.17. The fourth-order valence-electron chi connectivity index (χ4n) is 1.74. The van der Waals surface area contributed by atoms with E-state index in [1.165, 1.54) is 11.1 Å². The van der Waals surface area contributed by atoms with Crippen LogP contribution >= 0.6 is 0 Å². The Morgan fingerprint density at radius 3 is 2.62 bits per heavy atom. The van der Waals surface area contributed by atoms with Crippen LogP contribution in [0.2, 0.25) is 0 Å². The molecule has 0 radical (unpaired) electrons. The molecule has 0 aliphatic heterocycles. The zero-order valence-electron chi connectivity index (χ0n) is 9.60. The van der Waals surface area contributed by atoms with Crippen molar-refractivity contribution in [3.63, 3.8) is 0 Å². The van der Waals surface area contributed by atoms with Crippen molar-refractivity contribution in [3.05, 3.63) is 59.0 Å². The Labute approximate surface area is 95.5 Å². The van der Waals surface area contributed by atoms with Gasteiger partial charge in [-0.25, -0.2) is 0 Å².